The quantitative estimate of drug-likeness (QED) is 0.615. The lowest BCUT2D eigenvalue weighted by Gasteiger charge is -2.16. The standard InChI is InChI=1S/C20H16Cl2F2N2O3/c21-14-5-1-12(2-6-14)16(23)10-25-18(27)9-19(28)26(20(25)29)11-17(24)13-3-7-15(22)8-4-13/h1-9,16-17,27H,10-11H2/t16-,17+/m0/s1. The minimum Gasteiger partial charge on any atom is -0.494 e. The SMILES string of the molecule is O=c1cc(O)n(C[C@H](F)c2ccc(Cl)cc2)c(=O)n1C[C@@H](F)c1ccc(Cl)cc1. The Morgan fingerprint density at radius 2 is 1.21 bits per heavy atom. The number of nitrogens with zero attached hydrogens (tertiary/aromatic N) is 2. The molecule has 9 heteroatoms. The summed E-state index contributed by atoms with van der Waals surface area (Å²) in [7, 11) is 0. The Bertz CT molecular complexity index is 1110. The van der Waals surface area contributed by atoms with Gasteiger partial charge in [-0.2, -0.15) is 0 Å². The maximum Gasteiger partial charge on any atom is 0.333 e. The molecular formula is C20H16Cl2F2N2O3. The maximum absolute atomic E-state index is 14.6. The molecule has 0 amide bonds. The summed E-state index contributed by atoms with van der Waals surface area (Å²) < 4.78 is 30.5. The van der Waals surface area contributed by atoms with E-state index in [0.717, 1.165) is 6.07 Å². The van der Waals surface area contributed by atoms with Gasteiger partial charge in [-0.3, -0.25) is 13.9 Å². The van der Waals surface area contributed by atoms with Gasteiger partial charge in [-0.1, -0.05) is 47.5 Å². The summed E-state index contributed by atoms with van der Waals surface area (Å²) in [6, 6.07) is 12.5. The molecule has 2 atom stereocenters. The van der Waals surface area contributed by atoms with Crippen LogP contribution in [0.5, 0.6) is 5.88 Å². The van der Waals surface area contributed by atoms with Gasteiger partial charge in [0.15, 0.2) is 0 Å². The fraction of sp³-hybridized carbons (Fsp3) is 0.200. The normalized spacial score (nSPS) is 13.2. The van der Waals surface area contributed by atoms with Crippen molar-refractivity contribution in [2.75, 3.05) is 0 Å². The molecule has 1 N–H and O–H groups in total. The number of hydrogen-bond donors (Lipinski definition) is 1. The molecule has 2 aromatic carbocycles. The Morgan fingerprint density at radius 3 is 1.66 bits per heavy atom. The molecule has 0 bridgehead atoms. The summed E-state index contributed by atoms with van der Waals surface area (Å²) >= 11 is 11.5. The second-order valence-electron chi connectivity index (χ2n) is 6.38. The van der Waals surface area contributed by atoms with Crippen molar-refractivity contribution in [1.29, 1.82) is 0 Å². The van der Waals surface area contributed by atoms with Gasteiger partial charge in [0.05, 0.1) is 19.2 Å². The smallest absolute Gasteiger partial charge is 0.333 e. The molecule has 0 saturated carbocycles. The van der Waals surface area contributed by atoms with Crippen LogP contribution < -0.4 is 11.2 Å². The van der Waals surface area contributed by atoms with E-state index in [0.29, 0.717) is 19.2 Å². The Balaban J connectivity index is 1.89. The molecule has 1 heterocycles. The van der Waals surface area contributed by atoms with Crippen molar-refractivity contribution in [2.24, 2.45) is 0 Å². The molecule has 0 radical (unpaired) electrons. The van der Waals surface area contributed by atoms with Gasteiger partial charge in [0, 0.05) is 10.0 Å². The molecule has 0 unspecified atom stereocenters. The van der Waals surface area contributed by atoms with Crippen LogP contribution in [0.15, 0.2) is 64.2 Å². The third-order valence-electron chi connectivity index (χ3n) is 4.41. The van der Waals surface area contributed by atoms with Gasteiger partial charge in [-0.05, 0) is 35.4 Å². The monoisotopic (exact) mass is 440 g/mol. The first kappa shape index (κ1) is 21.1. The van der Waals surface area contributed by atoms with E-state index in [4.69, 9.17) is 23.2 Å². The number of halogens is 4. The molecule has 0 aliphatic carbocycles. The van der Waals surface area contributed by atoms with Crippen LogP contribution in [0.2, 0.25) is 10.0 Å². The van der Waals surface area contributed by atoms with Gasteiger partial charge in [0.25, 0.3) is 5.56 Å². The highest BCUT2D eigenvalue weighted by Crippen LogP contribution is 2.23. The van der Waals surface area contributed by atoms with E-state index in [1.807, 2.05) is 0 Å². The molecule has 0 spiro atoms. The van der Waals surface area contributed by atoms with Crippen molar-refractivity contribution in [3.05, 3.63) is 96.6 Å². The highest BCUT2D eigenvalue weighted by atomic mass is 35.5. The maximum atomic E-state index is 14.6. The average molecular weight is 441 g/mol. The Morgan fingerprint density at radius 1 is 0.793 bits per heavy atom. The summed E-state index contributed by atoms with van der Waals surface area (Å²) in [4.78, 5) is 24.8. The lowest BCUT2D eigenvalue weighted by molar-refractivity contribution is 0.261. The van der Waals surface area contributed by atoms with Gasteiger partial charge >= 0.3 is 5.69 Å². The molecule has 0 aliphatic rings. The van der Waals surface area contributed by atoms with Gasteiger partial charge < -0.3 is 5.11 Å². The fourth-order valence-electron chi connectivity index (χ4n) is 2.82. The molecule has 1 aromatic heterocycles. The summed E-state index contributed by atoms with van der Waals surface area (Å²) in [5.74, 6) is -0.699. The van der Waals surface area contributed by atoms with E-state index >= 15 is 0 Å². The Labute approximate surface area is 174 Å². The van der Waals surface area contributed by atoms with Crippen molar-refractivity contribution in [3.63, 3.8) is 0 Å². The Kier molecular flexibility index (Phi) is 6.39. The molecule has 3 aromatic rings. The van der Waals surface area contributed by atoms with Crippen LogP contribution >= 0.6 is 23.2 Å². The first-order valence-electron chi connectivity index (χ1n) is 8.59. The summed E-state index contributed by atoms with van der Waals surface area (Å²) in [5, 5.41) is 10.8. The number of alkyl halides is 2. The van der Waals surface area contributed by atoms with E-state index in [1.165, 1.54) is 48.5 Å². The van der Waals surface area contributed by atoms with Crippen LogP contribution in [0.4, 0.5) is 8.78 Å². The zero-order valence-electron chi connectivity index (χ0n) is 14.9. The molecule has 0 fully saturated rings. The van der Waals surface area contributed by atoms with Crippen molar-refractivity contribution in [1.82, 2.24) is 9.13 Å². The molecule has 29 heavy (non-hydrogen) atoms. The predicted molar refractivity (Wildman–Crippen MR) is 107 cm³/mol. The van der Waals surface area contributed by atoms with Crippen LogP contribution in [0.1, 0.15) is 23.5 Å². The van der Waals surface area contributed by atoms with E-state index in [-0.39, 0.29) is 11.1 Å². The van der Waals surface area contributed by atoms with Crippen LogP contribution in [0, 0.1) is 0 Å². The van der Waals surface area contributed by atoms with E-state index in [9.17, 15) is 23.5 Å². The lowest BCUT2D eigenvalue weighted by Crippen LogP contribution is -2.40. The molecular weight excluding hydrogens is 425 g/mol. The highest BCUT2D eigenvalue weighted by Gasteiger charge is 2.19. The third kappa shape index (κ3) is 4.86. The zero-order valence-corrected chi connectivity index (χ0v) is 16.4. The van der Waals surface area contributed by atoms with Crippen LogP contribution in [0.25, 0.3) is 0 Å². The van der Waals surface area contributed by atoms with Crippen molar-refractivity contribution in [3.8, 4) is 5.88 Å². The second-order valence-corrected chi connectivity index (χ2v) is 7.26. The van der Waals surface area contributed by atoms with Crippen LogP contribution in [-0.4, -0.2) is 14.2 Å². The van der Waals surface area contributed by atoms with Crippen LogP contribution in [0.3, 0.4) is 0 Å². The van der Waals surface area contributed by atoms with Gasteiger partial charge in [0.2, 0.25) is 5.88 Å². The topological polar surface area (TPSA) is 64.2 Å². The van der Waals surface area contributed by atoms with E-state index in [1.54, 1.807) is 0 Å². The van der Waals surface area contributed by atoms with E-state index < -0.39 is 42.6 Å². The average Bonchev–Trinajstić information content (AvgIpc) is 2.69. The minimum atomic E-state index is -1.67. The molecule has 152 valence electrons. The first-order valence-corrected chi connectivity index (χ1v) is 9.34. The van der Waals surface area contributed by atoms with Crippen molar-refractivity contribution in [2.45, 2.75) is 25.4 Å². The number of hydrogen-bond acceptors (Lipinski definition) is 3. The van der Waals surface area contributed by atoms with Crippen molar-refractivity contribution >= 4 is 23.2 Å². The Hall–Kier alpha value is -2.64. The first-order chi connectivity index (χ1) is 13.8. The highest BCUT2D eigenvalue weighted by molar-refractivity contribution is 6.30. The van der Waals surface area contributed by atoms with E-state index in [2.05, 4.69) is 0 Å². The molecule has 5 nitrogen and oxygen atoms in total. The summed E-state index contributed by atoms with van der Waals surface area (Å²) in [5.41, 5.74) is -1.43. The van der Waals surface area contributed by atoms with Crippen molar-refractivity contribution < 1.29 is 13.9 Å². The number of aromatic hydroxyl groups is 1. The number of benzene rings is 2. The van der Waals surface area contributed by atoms with Gasteiger partial charge in [-0.15, -0.1) is 0 Å². The number of rotatable bonds is 6. The second kappa shape index (κ2) is 8.80. The zero-order chi connectivity index (χ0) is 21.1. The molecule has 3 rings (SSSR count). The lowest BCUT2D eigenvalue weighted by atomic mass is 10.1. The predicted octanol–water partition coefficient (Wildman–Crippen LogP) is 4.44. The minimum absolute atomic E-state index is 0.227. The summed E-state index contributed by atoms with van der Waals surface area (Å²) in [6.07, 6.45) is -3.33. The van der Waals surface area contributed by atoms with Gasteiger partial charge in [-0.25, -0.2) is 13.6 Å². The molecule has 0 saturated heterocycles. The number of aromatic nitrogens is 2. The van der Waals surface area contributed by atoms with Crippen LogP contribution in [-0.2, 0) is 13.1 Å². The summed E-state index contributed by atoms with van der Waals surface area (Å²) in [6.45, 7) is -1.14. The van der Waals surface area contributed by atoms with Gasteiger partial charge in [0.1, 0.15) is 12.3 Å². The molecule has 0 aliphatic heterocycles. The fourth-order valence-corrected chi connectivity index (χ4v) is 3.07. The largest absolute Gasteiger partial charge is 0.494 e. The third-order valence-corrected chi connectivity index (χ3v) is 4.91.